The molecule has 0 fully saturated rings. The van der Waals surface area contributed by atoms with Gasteiger partial charge in [0.1, 0.15) is 0 Å². The number of hydrogen-bond acceptors (Lipinski definition) is 2. The Morgan fingerprint density at radius 1 is 0.962 bits per heavy atom. The van der Waals surface area contributed by atoms with Gasteiger partial charge in [-0.15, -0.1) is 0 Å². The molecule has 0 aliphatic heterocycles. The number of carbonyl (C=O) groups excluding carboxylic acids is 1. The van der Waals surface area contributed by atoms with Crippen LogP contribution in [-0.2, 0) is 16.1 Å². The zero-order valence-electron chi connectivity index (χ0n) is 17.0. The molecule has 0 atom stereocenters. The van der Waals surface area contributed by atoms with Crippen LogP contribution in [0.3, 0.4) is 0 Å². The van der Waals surface area contributed by atoms with Gasteiger partial charge in [0, 0.05) is 0 Å². The van der Waals surface area contributed by atoms with E-state index in [9.17, 15) is 4.79 Å². The average Bonchev–Trinajstić information content (AvgIpc) is 2.67. The molecule has 0 saturated carbocycles. The van der Waals surface area contributed by atoms with Crippen molar-refractivity contribution < 1.29 is 9.53 Å². The van der Waals surface area contributed by atoms with Crippen molar-refractivity contribution in [3.05, 3.63) is 46.1 Å². The van der Waals surface area contributed by atoms with Crippen LogP contribution >= 0.6 is 0 Å². The molecule has 0 unspecified atom stereocenters. The van der Waals surface area contributed by atoms with Gasteiger partial charge in [0.2, 0.25) is 0 Å². The molecule has 26 heavy (non-hydrogen) atoms. The zero-order chi connectivity index (χ0) is 19.3. The third-order valence-electron chi connectivity index (χ3n) is 4.90. The van der Waals surface area contributed by atoms with E-state index >= 15 is 0 Å². The summed E-state index contributed by atoms with van der Waals surface area (Å²) < 4.78 is 6.75. The summed E-state index contributed by atoms with van der Waals surface area (Å²) in [6.07, 6.45) is 11.3. The van der Waals surface area contributed by atoms with Crippen LogP contribution < -0.4 is 0 Å². The van der Waals surface area contributed by atoms with Crippen molar-refractivity contribution in [1.82, 2.24) is 0 Å². The third kappa shape index (κ3) is 8.74. The summed E-state index contributed by atoms with van der Waals surface area (Å²) in [5.74, 6) is -0.158. The van der Waals surface area contributed by atoms with Crippen LogP contribution in [0, 0.1) is 0 Å². The Morgan fingerprint density at radius 2 is 1.46 bits per heavy atom. The first-order chi connectivity index (χ1) is 12.6. The second kappa shape index (κ2) is 13.4. The van der Waals surface area contributed by atoms with Gasteiger partial charge in [0.15, 0.2) is 0 Å². The minimum absolute atomic E-state index is 0.158. The van der Waals surface area contributed by atoms with Gasteiger partial charge in [-0.2, -0.15) is 0 Å². The molecule has 0 N–H and O–H groups in total. The molecule has 0 heterocycles. The van der Waals surface area contributed by atoms with E-state index in [1.807, 2.05) is 30.3 Å². The molecule has 0 amide bonds. The molecular formula is C23H36O2Sn. The molecule has 2 nitrogen and oxygen atoms in total. The zero-order valence-corrected chi connectivity index (χ0v) is 19.8. The van der Waals surface area contributed by atoms with Crippen molar-refractivity contribution in [3.63, 3.8) is 0 Å². The molecule has 1 rings (SSSR count). The molecule has 0 saturated heterocycles. The summed E-state index contributed by atoms with van der Waals surface area (Å²) in [5.41, 5.74) is 1.04. The average molecular weight is 463 g/mol. The fourth-order valence-electron chi connectivity index (χ4n) is 3.29. The number of rotatable bonds is 14. The van der Waals surface area contributed by atoms with Crippen LogP contribution in [0.4, 0.5) is 0 Å². The van der Waals surface area contributed by atoms with E-state index in [-0.39, 0.29) is 5.97 Å². The predicted octanol–water partition coefficient (Wildman–Crippen LogP) is 6.68. The Labute approximate surface area is 171 Å². The molecule has 0 aliphatic rings. The van der Waals surface area contributed by atoms with Gasteiger partial charge in [-0.3, -0.25) is 0 Å². The van der Waals surface area contributed by atoms with E-state index in [2.05, 4.69) is 27.4 Å². The second-order valence-electron chi connectivity index (χ2n) is 7.26. The molecule has 2 radical (unpaired) electrons. The first-order valence-electron chi connectivity index (χ1n) is 10.2. The molecule has 0 aliphatic carbocycles. The third-order valence-corrected chi connectivity index (χ3v) is 10.00. The van der Waals surface area contributed by atoms with E-state index in [4.69, 9.17) is 4.74 Å². The number of esters is 1. The van der Waals surface area contributed by atoms with Crippen molar-refractivity contribution in [2.24, 2.45) is 0 Å². The van der Waals surface area contributed by atoms with Crippen molar-refractivity contribution in [1.29, 1.82) is 0 Å². The number of carbonyl (C=O) groups is 1. The second-order valence-corrected chi connectivity index (χ2v) is 12.7. The fourth-order valence-corrected chi connectivity index (χ4v) is 8.20. The molecule has 144 valence electrons. The van der Waals surface area contributed by atoms with Crippen LogP contribution in [0.2, 0.25) is 3.43 Å². The molecule has 1 aromatic rings. The molecule has 3 heteroatoms. The standard InChI is InChI=1S/C13H27.C10H9O2.Sn/c1-4-7-10-13(11-8-5-2)12-9-6-3;1-2-10(11)12-8-9-6-4-3-5-7-9;/h4-12H2,1-3H3;3-7H,1,8H2;. The summed E-state index contributed by atoms with van der Waals surface area (Å²) in [6.45, 7) is 11.3. The van der Waals surface area contributed by atoms with Crippen LogP contribution in [-0.4, -0.2) is 27.1 Å². The van der Waals surface area contributed by atoms with E-state index in [1.165, 1.54) is 57.8 Å². The summed E-state index contributed by atoms with van der Waals surface area (Å²) in [5, 5.41) is 0. The Balaban J connectivity index is 2.72. The maximum absolute atomic E-state index is 12.5. The van der Waals surface area contributed by atoms with Gasteiger partial charge < -0.3 is 0 Å². The molecular weight excluding hydrogens is 427 g/mol. The van der Waals surface area contributed by atoms with E-state index in [1.54, 1.807) is 0 Å². The SMILES string of the molecule is C=[C]([Sn][C](CCCC)(CCCC)CCCC)C(=O)OCc1ccccc1. The predicted molar refractivity (Wildman–Crippen MR) is 112 cm³/mol. The van der Waals surface area contributed by atoms with Crippen LogP contribution in [0.1, 0.15) is 84.1 Å². The van der Waals surface area contributed by atoms with Gasteiger partial charge >= 0.3 is 171 Å². The quantitative estimate of drug-likeness (QED) is 0.175. The Bertz CT molecular complexity index is 502. The summed E-state index contributed by atoms with van der Waals surface area (Å²) in [4.78, 5) is 12.5. The van der Waals surface area contributed by atoms with Crippen molar-refractivity contribution in [2.75, 3.05) is 0 Å². The van der Waals surface area contributed by atoms with E-state index in [0.29, 0.717) is 10.0 Å². The normalized spacial score (nSPS) is 11.3. The molecule has 0 spiro atoms. The van der Waals surface area contributed by atoms with Crippen molar-refractivity contribution in [2.45, 2.75) is 88.6 Å². The fraction of sp³-hybridized carbons (Fsp3) is 0.609. The summed E-state index contributed by atoms with van der Waals surface area (Å²) in [7, 11) is 0. The summed E-state index contributed by atoms with van der Waals surface area (Å²) >= 11 is -1.07. The molecule has 0 bridgehead atoms. The Hall–Kier alpha value is -0.771. The summed E-state index contributed by atoms with van der Waals surface area (Å²) in [6, 6.07) is 9.90. The maximum atomic E-state index is 12.5. The van der Waals surface area contributed by atoms with Gasteiger partial charge in [-0.05, 0) is 0 Å². The Morgan fingerprint density at radius 3 is 1.92 bits per heavy atom. The topological polar surface area (TPSA) is 26.3 Å². The van der Waals surface area contributed by atoms with Crippen molar-refractivity contribution in [3.8, 4) is 0 Å². The monoisotopic (exact) mass is 464 g/mol. The van der Waals surface area contributed by atoms with E-state index in [0.717, 1.165) is 9.15 Å². The Kier molecular flexibility index (Phi) is 12.0. The number of unbranched alkanes of at least 4 members (excludes halogenated alkanes) is 3. The van der Waals surface area contributed by atoms with Gasteiger partial charge in [-0.1, -0.05) is 0 Å². The van der Waals surface area contributed by atoms with Crippen LogP contribution in [0.15, 0.2) is 40.5 Å². The van der Waals surface area contributed by atoms with Crippen LogP contribution in [0.5, 0.6) is 0 Å². The molecule has 0 aromatic heterocycles. The first kappa shape index (κ1) is 23.3. The number of ether oxygens (including phenoxy) is 1. The van der Waals surface area contributed by atoms with E-state index < -0.39 is 21.1 Å². The minimum atomic E-state index is -1.07. The van der Waals surface area contributed by atoms with Gasteiger partial charge in [0.25, 0.3) is 0 Å². The van der Waals surface area contributed by atoms with Crippen molar-refractivity contribution >= 4 is 27.1 Å². The number of hydrogen-bond donors (Lipinski definition) is 0. The van der Waals surface area contributed by atoms with Crippen LogP contribution in [0.25, 0.3) is 0 Å². The molecule has 1 aromatic carbocycles. The van der Waals surface area contributed by atoms with Gasteiger partial charge in [-0.25, -0.2) is 0 Å². The number of benzene rings is 1. The van der Waals surface area contributed by atoms with Gasteiger partial charge in [0.05, 0.1) is 0 Å². The first-order valence-corrected chi connectivity index (χ1v) is 13.1.